The maximum absolute atomic E-state index is 5.62. The fourth-order valence-electron chi connectivity index (χ4n) is 4.05. The van der Waals surface area contributed by atoms with Crippen LogP contribution in [0, 0.1) is 12.3 Å². The normalized spacial score (nSPS) is 23.9. The molecule has 134 valence electrons. The van der Waals surface area contributed by atoms with E-state index in [0.29, 0.717) is 5.41 Å². The van der Waals surface area contributed by atoms with Crippen LogP contribution >= 0.6 is 0 Å². The Hall–Kier alpha value is -2.08. The summed E-state index contributed by atoms with van der Waals surface area (Å²) in [6.45, 7) is 6.88. The predicted octanol–water partition coefficient (Wildman–Crippen LogP) is 1.87. The number of nitrogens with one attached hydrogen (secondary N) is 1. The van der Waals surface area contributed by atoms with Gasteiger partial charge in [0.05, 0.1) is 12.3 Å². The maximum Gasteiger partial charge on any atom is 0.193 e. The van der Waals surface area contributed by atoms with Crippen molar-refractivity contribution in [2.75, 3.05) is 39.9 Å². The molecule has 6 nitrogen and oxygen atoms in total. The first-order valence-electron chi connectivity index (χ1n) is 9.16. The van der Waals surface area contributed by atoms with Gasteiger partial charge in [0.2, 0.25) is 0 Å². The van der Waals surface area contributed by atoms with Gasteiger partial charge >= 0.3 is 0 Å². The molecule has 0 radical (unpaired) electrons. The zero-order valence-corrected chi connectivity index (χ0v) is 15.2. The molecule has 6 heteroatoms. The molecule has 25 heavy (non-hydrogen) atoms. The van der Waals surface area contributed by atoms with Crippen molar-refractivity contribution in [2.24, 2.45) is 10.4 Å². The number of hydrogen-bond acceptors (Lipinski definition) is 3. The van der Waals surface area contributed by atoms with Crippen LogP contribution < -0.4 is 5.32 Å². The van der Waals surface area contributed by atoms with Crippen LogP contribution in [0.15, 0.2) is 29.5 Å². The van der Waals surface area contributed by atoms with Crippen molar-refractivity contribution in [2.45, 2.75) is 26.2 Å². The smallest absolute Gasteiger partial charge is 0.193 e. The third kappa shape index (κ3) is 3.23. The molecular formula is C19H27N5O. The molecule has 1 spiro atoms. The van der Waals surface area contributed by atoms with Gasteiger partial charge in [-0.3, -0.25) is 4.99 Å². The highest BCUT2D eigenvalue weighted by molar-refractivity contribution is 5.80. The number of imidazole rings is 1. The number of pyridine rings is 1. The van der Waals surface area contributed by atoms with E-state index < -0.39 is 0 Å². The van der Waals surface area contributed by atoms with E-state index in [-0.39, 0.29) is 0 Å². The van der Waals surface area contributed by atoms with Gasteiger partial charge < -0.3 is 19.4 Å². The van der Waals surface area contributed by atoms with Crippen molar-refractivity contribution in [1.29, 1.82) is 0 Å². The van der Waals surface area contributed by atoms with Crippen LogP contribution in [0.25, 0.3) is 5.65 Å². The Labute approximate surface area is 148 Å². The van der Waals surface area contributed by atoms with Crippen molar-refractivity contribution >= 4 is 11.6 Å². The molecular weight excluding hydrogens is 314 g/mol. The highest BCUT2D eigenvalue weighted by atomic mass is 16.5. The summed E-state index contributed by atoms with van der Waals surface area (Å²) >= 11 is 0. The zero-order chi connectivity index (χ0) is 17.3. The van der Waals surface area contributed by atoms with Crippen LogP contribution in [-0.4, -0.2) is 60.1 Å². The lowest BCUT2D eigenvalue weighted by Crippen LogP contribution is -2.42. The Morgan fingerprint density at radius 3 is 3.12 bits per heavy atom. The second kappa shape index (κ2) is 6.67. The topological polar surface area (TPSA) is 54.2 Å². The van der Waals surface area contributed by atoms with E-state index in [0.717, 1.165) is 56.6 Å². The van der Waals surface area contributed by atoms with Crippen LogP contribution in [0.4, 0.5) is 0 Å². The molecule has 1 N–H and O–H groups in total. The molecule has 0 aliphatic carbocycles. The van der Waals surface area contributed by atoms with E-state index in [9.17, 15) is 0 Å². The minimum absolute atomic E-state index is 0.358. The Morgan fingerprint density at radius 1 is 1.44 bits per heavy atom. The highest BCUT2D eigenvalue weighted by Crippen LogP contribution is 2.38. The van der Waals surface area contributed by atoms with E-state index in [4.69, 9.17) is 9.72 Å². The lowest BCUT2D eigenvalue weighted by molar-refractivity contribution is 0.156. The summed E-state index contributed by atoms with van der Waals surface area (Å²) in [6.07, 6.45) is 7.45. The number of likely N-dealkylation sites (tertiary alicyclic amines) is 1. The van der Waals surface area contributed by atoms with Gasteiger partial charge in [-0.1, -0.05) is 6.07 Å². The number of rotatable bonds is 3. The van der Waals surface area contributed by atoms with E-state index in [1.54, 1.807) is 0 Å². The summed E-state index contributed by atoms with van der Waals surface area (Å²) in [5, 5.41) is 3.51. The van der Waals surface area contributed by atoms with Gasteiger partial charge in [-0.15, -0.1) is 0 Å². The molecule has 2 aromatic rings. The summed E-state index contributed by atoms with van der Waals surface area (Å²) in [5.41, 5.74) is 3.72. The summed E-state index contributed by atoms with van der Waals surface area (Å²) in [5.74, 6) is 1.00. The first kappa shape index (κ1) is 16.4. The molecule has 1 unspecified atom stereocenters. The van der Waals surface area contributed by atoms with Crippen molar-refractivity contribution in [1.82, 2.24) is 19.6 Å². The molecule has 2 saturated heterocycles. The summed E-state index contributed by atoms with van der Waals surface area (Å²) < 4.78 is 7.72. The quantitative estimate of drug-likeness (QED) is 0.684. The van der Waals surface area contributed by atoms with Gasteiger partial charge in [0.15, 0.2) is 5.96 Å². The van der Waals surface area contributed by atoms with Crippen LogP contribution in [0.2, 0.25) is 0 Å². The van der Waals surface area contributed by atoms with Crippen molar-refractivity contribution in [3.63, 3.8) is 0 Å². The number of guanidine groups is 1. The van der Waals surface area contributed by atoms with Crippen molar-refractivity contribution < 1.29 is 4.74 Å². The Bertz CT molecular complexity index is 775. The largest absolute Gasteiger partial charge is 0.381 e. The second-order valence-corrected chi connectivity index (χ2v) is 7.35. The average molecular weight is 341 g/mol. The fourth-order valence-corrected chi connectivity index (χ4v) is 4.05. The molecule has 0 amide bonds. The molecule has 2 aliphatic heterocycles. The highest BCUT2D eigenvalue weighted by Gasteiger charge is 2.42. The van der Waals surface area contributed by atoms with E-state index in [1.165, 1.54) is 18.4 Å². The van der Waals surface area contributed by atoms with Crippen LogP contribution in [0.3, 0.4) is 0 Å². The summed E-state index contributed by atoms with van der Waals surface area (Å²) in [6, 6.07) is 4.16. The number of aryl methyl sites for hydroxylation is 1. The van der Waals surface area contributed by atoms with Gasteiger partial charge in [0.25, 0.3) is 0 Å². The van der Waals surface area contributed by atoms with Crippen LogP contribution in [-0.2, 0) is 11.2 Å². The molecule has 2 aromatic heterocycles. The van der Waals surface area contributed by atoms with Crippen LogP contribution in [0.1, 0.15) is 24.1 Å². The van der Waals surface area contributed by atoms with E-state index >= 15 is 0 Å². The zero-order valence-electron chi connectivity index (χ0n) is 15.2. The Balaban J connectivity index is 1.34. The first-order chi connectivity index (χ1) is 12.2. The standard InChI is InChI=1S/C19H27N5O/c1-15-4-3-9-23-12-16(22-17(15)23)5-8-21-18(20-2)24-10-6-19(13-24)7-11-25-14-19/h3-4,9,12H,5-8,10-11,13-14H2,1-2H3,(H,20,21). The average Bonchev–Trinajstić information content (AvgIpc) is 3.33. The SMILES string of the molecule is CN=C(NCCc1cn2cccc(C)c2n1)N1CCC2(CCOC2)C1. The lowest BCUT2D eigenvalue weighted by Gasteiger charge is -2.24. The minimum atomic E-state index is 0.358. The first-order valence-corrected chi connectivity index (χ1v) is 9.16. The summed E-state index contributed by atoms with van der Waals surface area (Å²) in [4.78, 5) is 11.6. The maximum atomic E-state index is 5.62. The monoisotopic (exact) mass is 341 g/mol. The number of ether oxygens (including phenoxy) is 1. The predicted molar refractivity (Wildman–Crippen MR) is 99.1 cm³/mol. The van der Waals surface area contributed by atoms with Gasteiger partial charge in [-0.25, -0.2) is 4.98 Å². The second-order valence-electron chi connectivity index (χ2n) is 7.35. The molecule has 2 fully saturated rings. The Kier molecular flexibility index (Phi) is 4.37. The Morgan fingerprint density at radius 2 is 2.36 bits per heavy atom. The number of nitrogens with zero attached hydrogens (tertiary/aromatic N) is 4. The fraction of sp³-hybridized carbons (Fsp3) is 0.579. The third-order valence-corrected chi connectivity index (χ3v) is 5.53. The van der Waals surface area contributed by atoms with Crippen LogP contribution in [0.5, 0.6) is 0 Å². The molecule has 4 heterocycles. The number of hydrogen-bond donors (Lipinski definition) is 1. The van der Waals surface area contributed by atoms with E-state index in [2.05, 4.69) is 51.1 Å². The molecule has 0 bridgehead atoms. The van der Waals surface area contributed by atoms with Crippen molar-refractivity contribution in [3.05, 3.63) is 35.8 Å². The third-order valence-electron chi connectivity index (χ3n) is 5.53. The van der Waals surface area contributed by atoms with Gasteiger partial charge in [0, 0.05) is 57.5 Å². The molecule has 2 aliphatic rings. The molecule has 1 atom stereocenters. The lowest BCUT2D eigenvalue weighted by atomic mass is 9.87. The number of aliphatic imine (C=N–C) groups is 1. The minimum Gasteiger partial charge on any atom is -0.381 e. The number of aromatic nitrogens is 2. The van der Waals surface area contributed by atoms with Gasteiger partial charge in [-0.2, -0.15) is 0 Å². The molecule has 0 aromatic carbocycles. The molecule has 4 rings (SSSR count). The van der Waals surface area contributed by atoms with E-state index in [1.807, 2.05) is 7.05 Å². The van der Waals surface area contributed by atoms with Gasteiger partial charge in [0.1, 0.15) is 5.65 Å². The molecule has 0 saturated carbocycles. The number of fused-ring (bicyclic) bond motifs is 1. The summed E-state index contributed by atoms with van der Waals surface area (Å²) in [7, 11) is 1.87. The van der Waals surface area contributed by atoms with Crippen molar-refractivity contribution in [3.8, 4) is 0 Å². The van der Waals surface area contributed by atoms with Gasteiger partial charge in [-0.05, 0) is 31.4 Å².